The number of para-hydroxylation sites is 1. The van der Waals surface area contributed by atoms with Crippen LogP contribution < -0.4 is 10.5 Å². The third-order valence-corrected chi connectivity index (χ3v) is 4.86. The fourth-order valence-corrected chi connectivity index (χ4v) is 3.58. The van der Waals surface area contributed by atoms with Crippen molar-refractivity contribution < 1.29 is 4.74 Å². The Morgan fingerprint density at radius 3 is 2.30 bits per heavy atom. The Kier molecular flexibility index (Phi) is 4.90. The van der Waals surface area contributed by atoms with Gasteiger partial charge in [-0.3, -0.25) is 0 Å². The van der Waals surface area contributed by atoms with E-state index in [-0.39, 0.29) is 0 Å². The minimum Gasteiger partial charge on any atom is -0.457 e. The lowest BCUT2D eigenvalue weighted by Gasteiger charge is -2.26. The molecule has 1 saturated carbocycles. The van der Waals surface area contributed by atoms with Crippen molar-refractivity contribution in [3.63, 3.8) is 0 Å². The topological polar surface area (TPSA) is 35.2 Å². The molecular formula is C21H27NO. The molecule has 2 heteroatoms. The molecular weight excluding hydrogens is 282 g/mol. The molecule has 1 fully saturated rings. The van der Waals surface area contributed by atoms with Crippen molar-refractivity contribution in [3.05, 3.63) is 53.6 Å². The second-order valence-electron chi connectivity index (χ2n) is 6.92. The summed E-state index contributed by atoms with van der Waals surface area (Å²) in [7, 11) is 0. The van der Waals surface area contributed by atoms with Crippen LogP contribution in [0.25, 0.3) is 0 Å². The fraction of sp³-hybridized carbons (Fsp3) is 0.429. The first-order chi connectivity index (χ1) is 11.1. The normalized spacial score (nSPS) is 15.8. The van der Waals surface area contributed by atoms with E-state index in [1.165, 1.54) is 43.2 Å². The van der Waals surface area contributed by atoms with Crippen LogP contribution in [0.3, 0.4) is 0 Å². The van der Waals surface area contributed by atoms with Crippen LogP contribution in [0.2, 0.25) is 0 Å². The molecule has 2 nitrogen and oxygen atoms in total. The Balaban J connectivity index is 1.97. The quantitative estimate of drug-likeness (QED) is 0.679. The van der Waals surface area contributed by atoms with Crippen LogP contribution in [0.5, 0.6) is 11.5 Å². The van der Waals surface area contributed by atoms with Gasteiger partial charge in [0.15, 0.2) is 0 Å². The van der Waals surface area contributed by atoms with Crippen LogP contribution in [0.1, 0.15) is 68.9 Å². The predicted molar refractivity (Wildman–Crippen MR) is 97.3 cm³/mol. The molecule has 1 aliphatic rings. The van der Waals surface area contributed by atoms with Crippen molar-refractivity contribution in [1.29, 1.82) is 0 Å². The smallest absolute Gasteiger partial charge is 0.128 e. The summed E-state index contributed by atoms with van der Waals surface area (Å²) >= 11 is 0. The Morgan fingerprint density at radius 1 is 0.957 bits per heavy atom. The van der Waals surface area contributed by atoms with Crippen LogP contribution in [0, 0.1) is 0 Å². The molecule has 0 aromatic heterocycles. The van der Waals surface area contributed by atoms with Gasteiger partial charge in [0.25, 0.3) is 0 Å². The third kappa shape index (κ3) is 3.69. The third-order valence-electron chi connectivity index (χ3n) is 4.86. The molecule has 2 aromatic rings. The van der Waals surface area contributed by atoms with Crippen LogP contribution >= 0.6 is 0 Å². The zero-order chi connectivity index (χ0) is 16.2. The summed E-state index contributed by atoms with van der Waals surface area (Å²) in [5, 5.41) is 0. The van der Waals surface area contributed by atoms with Crippen LogP contribution in [-0.4, -0.2) is 0 Å². The first kappa shape index (κ1) is 15.9. The maximum atomic E-state index is 6.52. The summed E-state index contributed by atoms with van der Waals surface area (Å²) in [5.41, 5.74) is 10.0. The maximum absolute atomic E-state index is 6.52. The van der Waals surface area contributed by atoms with E-state index in [0.717, 1.165) is 17.2 Å². The van der Waals surface area contributed by atoms with Crippen molar-refractivity contribution >= 4 is 5.69 Å². The van der Waals surface area contributed by atoms with E-state index in [1.807, 2.05) is 30.3 Å². The van der Waals surface area contributed by atoms with E-state index < -0.39 is 0 Å². The first-order valence-corrected chi connectivity index (χ1v) is 8.81. The van der Waals surface area contributed by atoms with Crippen LogP contribution in [0.15, 0.2) is 42.5 Å². The Labute approximate surface area is 139 Å². The Hall–Kier alpha value is -1.96. The number of hydrogen-bond acceptors (Lipinski definition) is 2. The van der Waals surface area contributed by atoms with Crippen molar-refractivity contribution in [2.75, 3.05) is 5.73 Å². The molecule has 0 heterocycles. The molecule has 0 bridgehead atoms. The van der Waals surface area contributed by atoms with Gasteiger partial charge in [0.2, 0.25) is 0 Å². The molecule has 0 radical (unpaired) electrons. The van der Waals surface area contributed by atoms with Gasteiger partial charge in [0.1, 0.15) is 11.5 Å². The average molecular weight is 309 g/mol. The number of hydrogen-bond donors (Lipinski definition) is 1. The summed E-state index contributed by atoms with van der Waals surface area (Å²) in [4.78, 5) is 0. The summed E-state index contributed by atoms with van der Waals surface area (Å²) in [6.07, 6.45) is 6.47. The maximum Gasteiger partial charge on any atom is 0.128 e. The second kappa shape index (κ2) is 7.08. The molecule has 0 atom stereocenters. The monoisotopic (exact) mass is 309 g/mol. The first-order valence-electron chi connectivity index (χ1n) is 8.81. The standard InChI is InChI=1S/C21H27NO/c1-15(2)19-13-18(23-17-11-7-4-8-12-17)14-20(21(19)22)16-9-5-3-6-10-16/h4,7-8,11-16H,3,5-6,9-10,22H2,1-2H3. The SMILES string of the molecule is CC(C)c1cc(Oc2ccccc2)cc(C2CCCCC2)c1N. The van der Waals surface area contributed by atoms with E-state index in [9.17, 15) is 0 Å². The largest absolute Gasteiger partial charge is 0.457 e. The Bertz CT molecular complexity index is 642. The highest BCUT2D eigenvalue weighted by atomic mass is 16.5. The van der Waals surface area contributed by atoms with Crippen molar-refractivity contribution in [2.45, 2.75) is 57.8 Å². The summed E-state index contributed by atoms with van der Waals surface area (Å²) in [6, 6.07) is 14.3. The van der Waals surface area contributed by atoms with E-state index in [2.05, 4.69) is 26.0 Å². The average Bonchev–Trinajstić information content (AvgIpc) is 2.58. The van der Waals surface area contributed by atoms with Gasteiger partial charge < -0.3 is 10.5 Å². The highest BCUT2D eigenvalue weighted by molar-refractivity contribution is 5.60. The molecule has 3 rings (SSSR count). The summed E-state index contributed by atoms with van der Waals surface area (Å²) in [5.74, 6) is 2.77. The van der Waals surface area contributed by atoms with E-state index in [0.29, 0.717) is 11.8 Å². The van der Waals surface area contributed by atoms with Gasteiger partial charge in [-0.15, -0.1) is 0 Å². The second-order valence-corrected chi connectivity index (χ2v) is 6.92. The zero-order valence-electron chi connectivity index (χ0n) is 14.2. The summed E-state index contributed by atoms with van der Waals surface area (Å²) < 4.78 is 6.10. The van der Waals surface area contributed by atoms with Gasteiger partial charge in [-0.05, 0) is 60.1 Å². The lowest BCUT2D eigenvalue weighted by atomic mass is 9.81. The molecule has 2 N–H and O–H groups in total. The number of anilines is 1. The number of nitrogen functional groups attached to an aromatic ring is 1. The Morgan fingerprint density at radius 2 is 1.65 bits per heavy atom. The lowest BCUT2D eigenvalue weighted by Crippen LogP contribution is -2.10. The molecule has 0 amide bonds. The van der Waals surface area contributed by atoms with E-state index in [4.69, 9.17) is 10.5 Å². The van der Waals surface area contributed by atoms with Gasteiger partial charge in [0.05, 0.1) is 0 Å². The van der Waals surface area contributed by atoms with Gasteiger partial charge in [-0.2, -0.15) is 0 Å². The number of benzene rings is 2. The van der Waals surface area contributed by atoms with E-state index >= 15 is 0 Å². The van der Waals surface area contributed by atoms with Gasteiger partial charge in [0, 0.05) is 5.69 Å². The number of rotatable bonds is 4. The summed E-state index contributed by atoms with van der Waals surface area (Å²) in [6.45, 7) is 4.39. The van der Waals surface area contributed by atoms with Gasteiger partial charge in [-0.25, -0.2) is 0 Å². The van der Waals surface area contributed by atoms with Crippen LogP contribution in [-0.2, 0) is 0 Å². The molecule has 2 aromatic carbocycles. The predicted octanol–water partition coefficient (Wildman–Crippen LogP) is 6.23. The van der Waals surface area contributed by atoms with Crippen molar-refractivity contribution in [1.82, 2.24) is 0 Å². The minimum absolute atomic E-state index is 0.400. The molecule has 0 aliphatic heterocycles. The van der Waals surface area contributed by atoms with Gasteiger partial charge in [-0.1, -0.05) is 51.3 Å². The van der Waals surface area contributed by atoms with Crippen LogP contribution in [0.4, 0.5) is 5.69 Å². The molecule has 23 heavy (non-hydrogen) atoms. The van der Waals surface area contributed by atoms with Crippen molar-refractivity contribution in [2.24, 2.45) is 0 Å². The van der Waals surface area contributed by atoms with Gasteiger partial charge >= 0.3 is 0 Å². The van der Waals surface area contributed by atoms with Crippen molar-refractivity contribution in [3.8, 4) is 11.5 Å². The lowest BCUT2D eigenvalue weighted by molar-refractivity contribution is 0.440. The number of ether oxygens (including phenoxy) is 1. The fourth-order valence-electron chi connectivity index (χ4n) is 3.58. The molecule has 122 valence electrons. The minimum atomic E-state index is 0.400. The molecule has 0 saturated heterocycles. The zero-order valence-corrected chi connectivity index (χ0v) is 14.2. The van der Waals surface area contributed by atoms with E-state index in [1.54, 1.807) is 0 Å². The highest BCUT2D eigenvalue weighted by Crippen LogP contribution is 2.41. The number of nitrogens with two attached hydrogens (primary N) is 1. The molecule has 0 spiro atoms. The molecule has 1 aliphatic carbocycles. The molecule has 0 unspecified atom stereocenters. The highest BCUT2D eigenvalue weighted by Gasteiger charge is 2.21.